The highest BCUT2D eigenvalue weighted by Crippen LogP contribution is 2.11. The summed E-state index contributed by atoms with van der Waals surface area (Å²) in [6.45, 7) is 4.97. The van der Waals surface area contributed by atoms with E-state index < -0.39 is 5.97 Å². The molecular weight excluding hydrogens is 290 g/mol. The second kappa shape index (κ2) is 8.50. The van der Waals surface area contributed by atoms with Gasteiger partial charge >= 0.3 is 5.97 Å². The predicted octanol–water partition coefficient (Wildman–Crippen LogP) is 0.369. The quantitative estimate of drug-likeness (QED) is 0.531. The first-order valence-electron chi connectivity index (χ1n) is 7.37. The number of ether oxygens (including phenoxy) is 3. The summed E-state index contributed by atoms with van der Waals surface area (Å²) in [5.41, 5.74) is 0.303. The van der Waals surface area contributed by atoms with Crippen LogP contribution in [0, 0.1) is 5.92 Å². The first-order valence-corrected chi connectivity index (χ1v) is 7.37. The van der Waals surface area contributed by atoms with Gasteiger partial charge in [0.25, 0.3) is 5.91 Å². The molecule has 1 amide bonds. The normalized spacial score (nSPS) is 17.4. The second-order valence-electron chi connectivity index (χ2n) is 4.95. The lowest BCUT2D eigenvalue weighted by Gasteiger charge is -2.08. The van der Waals surface area contributed by atoms with Gasteiger partial charge in [-0.15, -0.1) is 0 Å². The fraction of sp³-hybridized carbons (Fsp3) is 0.643. The minimum atomic E-state index is -0.531. The Labute approximate surface area is 128 Å². The molecule has 122 valence electrons. The average molecular weight is 311 g/mol. The molecule has 22 heavy (non-hydrogen) atoms. The van der Waals surface area contributed by atoms with Crippen molar-refractivity contribution >= 4 is 11.9 Å². The van der Waals surface area contributed by atoms with Crippen LogP contribution in [0.15, 0.2) is 6.07 Å². The summed E-state index contributed by atoms with van der Waals surface area (Å²) in [5, 5.41) is 8.94. The van der Waals surface area contributed by atoms with E-state index in [1.165, 1.54) is 6.07 Å². The van der Waals surface area contributed by atoms with E-state index in [2.05, 4.69) is 15.5 Å². The molecule has 8 heteroatoms. The molecule has 1 atom stereocenters. The van der Waals surface area contributed by atoms with Crippen LogP contribution in [0.2, 0.25) is 0 Å². The lowest BCUT2D eigenvalue weighted by atomic mass is 10.1. The van der Waals surface area contributed by atoms with Gasteiger partial charge in [-0.1, -0.05) is 0 Å². The topological polar surface area (TPSA) is 103 Å². The molecule has 1 aromatic heterocycles. The number of nitrogens with one attached hydrogen (secondary N) is 2. The van der Waals surface area contributed by atoms with Gasteiger partial charge in [0, 0.05) is 25.1 Å². The van der Waals surface area contributed by atoms with E-state index in [1.807, 2.05) is 0 Å². The molecule has 1 saturated heterocycles. The fourth-order valence-electron chi connectivity index (χ4n) is 2.04. The molecule has 1 unspecified atom stereocenters. The zero-order valence-corrected chi connectivity index (χ0v) is 12.6. The predicted molar refractivity (Wildman–Crippen MR) is 76.6 cm³/mol. The van der Waals surface area contributed by atoms with Gasteiger partial charge < -0.3 is 19.5 Å². The highest BCUT2D eigenvalue weighted by atomic mass is 16.5. The Morgan fingerprint density at radius 1 is 1.55 bits per heavy atom. The minimum Gasteiger partial charge on any atom is -0.461 e. The molecule has 8 nitrogen and oxygen atoms in total. The first-order chi connectivity index (χ1) is 10.7. The number of aromatic nitrogens is 2. The van der Waals surface area contributed by atoms with E-state index in [4.69, 9.17) is 14.2 Å². The van der Waals surface area contributed by atoms with Crippen LogP contribution in [0.1, 0.15) is 34.3 Å². The maximum absolute atomic E-state index is 11.8. The van der Waals surface area contributed by atoms with E-state index in [-0.39, 0.29) is 23.9 Å². The lowest BCUT2D eigenvalue weighted by Crippen LogP contribution is -2.28. The van der Waals surface area contributed by atoms with Crippen molar-refractivity contribution in [1.29, 1.82) is 0 Å². The van der Waals surface area contributed by atoms with Crippen molar-refractivity contribution in [2.45, 2.75) is 13.3 Å². The van der Waals surface area contributed by atoms with Crippen molar-refractivity contribution in [2.75, 3.05) is 39.6 Å². The second-order valence-corrected chi connectivity index (χ2v) is 4.95. The van der Waals surface area contributed by atoms with Crippen LogP contribution in [0.25, 0.3) is 0 Å². The van der Waals surface area contributed by atoms with Crippen LogP contribution in [0.5, 0.6) is 0 Å². The van der Waals surface area contributed by atoms with Crippen molar-refractivity contribution < 1.29 is 23.8 Å². The Balaban J connectivity index is 1.65. The van der Waals surface area contributed by atoms with E-state index in [0.717, 1.165) is 19.6 Å². The number of nitrogens with zero attached hydrogens (tertiary/aromatic N) is 1. The highest BCUT2D eigenvalue weighted by molar-refractivity contribution is 5.95. The van der Waals surface area contributed by atoms with Crippen LogP contribution in [-0.4, -0.2) is 61.7 Å². The molecule has 0 radical (unpaired) electrons. The number of rotatable bonds is 8. The van der Waals surface area contributed by atoms with Gasteiger partial charge in [0.15, 0.2) is 5.69 Å². The summed E-state index contributed by atoms with van der Waals surface area (Å²) in [7, 11) is 0. The minimum absolute atomic E-state index is 0.146. The third-order valence-corrected chi connectivity index (χ3v) is 3.22. The van der Waals surface area contributed by atoms with E-state index in [9.17, 15) is 9.59 Å². The number of esters is 1. The molecule has 1 aliphatic rings. The smallest absolute Gasteiger partial charge is 0.356 e. The number of aromatic amines is 1. The monoisotopic (exact) mass is 311 g/mol. The largest absolute Gasteiger partial charge is 0.461 e. The fourth-order valence-corrected chi connectivity index (χ4v) is 2.04. The van der Waals surface area contributed by atoms with Crippen LogP contribution >= 0.6 is 0 Å². The average Bonchev–Trinajstić information content (AvgIpc) is 3.18. The zero-order chi connectivity index (χ0) is 15.8. The van der Waals surface area contributed by atoms with Crippen LogP contribution in [0.3, 0.4) is 0 Å². The standard InChI is InChI=1S/C14H21N3O5/c1-2-22-14(19)12-7-11(16-17-12)13(18)15-4-6-21-9-10-3-5-20-8-10/h7,10H,2-6,8-9H2,1H3,(H,15,18)(H,16,17). The van der Waals surface area contributed by atoms with E-state index >= 15 is 0 Å². The summed E-state index contributed by atoms with van der Waals surface area (Å²) >= 11 is 0. The summed E-state index contributed by atoms with van der Waals surface area (Å²) in [6, 6.07) is 1.37. The van der Waals surface area contributed by atoms with Gasteiger partial charge in [0.2, 0.25) is 0 Å². The third kappa shape index (κ3) is 4.81. The van der Waals surface area contributed by atoms with Gasteiger partial charge in [-0.05, 0) is 13.3 Å². The first kappa shape index (κ1) is 16.4. The molecule has 0 saturated carbocycles. The molecule has 1 fully saturated rings. The molecule has 1 aliphatic heterocycles. The van der Waals surface area contributed by atoms with Gasteiger partial charge in [-0.2, -0.15) is 5.10 Å². The van der Waals surface area contributed by atoms with Crippen molar-refractivity contribution in [1.82, 2.24) is 15.5 Å². The number of hydrogen-bond donors (Lipinski definition) is 2. The molecule has 0 aliphatic carbocycles. The molecule has 0 aromatic carbocycles. The SMILES string of the molecule is CCOC(=O)c1cc(C(=O)NCCOCC2CCOC2)n[nH]1. The molecule has 0 bridgehead atoms. The third-order valence-electron chi connectivity index (χ3n) is 3.22. The maximum atomic E-state index is 11.8. The number of amides is 1. The summed E-state index contributed by atoms with van der Waals surface area (Å²) in [4.78, 5) is 23.3. The number of H-pyrrole nitrogens is 1. The zero-order valence-electron chi connectivity index (χ0n) is 12.6. The van der Waals surface area contributed by atoms with Crippen molar-refractivity contribution in [3.05, 3.63) is 17.5 Å². The Morgan fingerprint density at radius 2 is 2.41 bits per heavy atom. The van der Waals surface area contributed by atoms with Gasteiger partial charge in [-0.25, -0.2) is 4.79 Å². The number of carbonyl (C=O) groups is 2. The van der Waals surface area contributed by atoms with Crippen LogP contribution < -0.4 is 5.32 Å². The lowest BCUT2D eigenvalue weighted by molar-refractivity contribution is 0.0519. The van der Waals surface area contributed by atoms with Crippen LogP contribution in [-0.2, 0) is 14.2 Å². The Hall–Kier alpha value is -1.93. The van der Waals surface area contributed by atoms with Gasteiger partial charge in [0.1, 0.15) is 5.69 Å². The van der Waals surface area contributed by atoms with Crippen molar-refractivity contribution in [2.24, 2.45) is 5.92 Å². The summed E-state index contributed by atoms with van der Waals surface area (Å²) in [5.74, 6) is -0.440. The summed E-state index contributed by atoms with van der Waals surface area (Å²) in [6.07, 6.45) is 1.02. The van der Waals surface area contributed by atoms with Crippen LogP contribution in [0.4, 0.5) is 0 Å². The van der Waals surface area contributed by atoms with Crippen molar-refractivity contribution in [3.63, 3.8) is 0 Å². The van der Waals surface area contributed by atoms with E-state index in [0.29, 0.717) is 25.7 Å². The Bertz CT molecular complexity index is 496. The maximum Gasteiger partial charge on any atom is 0.356 e. The molecule has 2 N–H and O–H groups in total. The van der Waals surface area contributed by atoms with Crippen molar-refractivity contribution in [3.8, 4) is 0 Å². The Kier molecular flexibility index (Phi) is 6.35. The van der Waals surface area contributed by atoms with Gasteiger partial charge in [-0.3, -0.25) is 9.89 Å². The molecule has 2 rings (SSSR count). The van der Waals surface area contributed by atoms with E-state index in [1.54, 1.807) is 6.92 Å². The van der Waals surface area contributed by atoms with Gasteiger partial charge in [0.05, 0.1) is 26.4 Å². The molecule has 1 aromatic rings. The molecule has 0 spiro atoms. The highest BCUT2D eigenvalue weighted by Gasteiger charge is 2.16. The molecular formula is C14H21N3O5. The number of hydrogen-bond acceptors (Lipinski definition) is 6. The summed E-state index contributed by atoms with van der Waals surface area (Å²) < 4.78 is 15.5. The Morgan fingerprint density at radius 3 is 3.14 bits per heavy atom. The molecule has 2 heterocycles. The number of carbonyl (C=O) groups excluding carboxylic acids is 2.